The number of nitrogens with zero attached hydrogens (tertiary/aromatic N) is 3. The molecule has 1 aromatic rings. The van der Waals surface area contributed by atoms with Crippen LogP contribution in [0.3, 0.4) is 0 Å². The van der Waals surface area contributed by atoms with Crippen LogP contribution in [0, 0.1) is 5.92 Å². The first kappa shape index (κ1) is 16.2. The lowest BCUT2D eigenvalue weighted by Gasteiger charge is -2.35. The number of aryl methyl sites for hydroxylation is 1. The van der Waals surface area contributed by atoms with Crippen LogP contribution in [0.5, 0.6) is 0 Å². The van der Waals surface area contributed by atoms with E-state index in [1.165, 1.54) is 18.4 Å². The van der Waals surface area contributed by atoms with Crippen molar-refractivity contribution >= 4 is 0 Å². The van der Waals surface area contributed by atoms with E-state index in [4.69, 9.17) is 5.73 Å². The molecule has 0 saturated carbocycles. The molecule has 0 aliphatic heterocycles. The summed E-state index contributed by atoms with van der Waals surface area (Å²) < 4.78 is 1.86. The Hall–Kier alpha value is -0.870. The van der Waals surface area contributed by atoms with Gasteiger partial charge in [0.15, 0.2) is 0 Å². The number of hydrogen-bond donors (Lipinski definition) is 1. The fourth-order valence-electron chi connectivity index (χ4n) is 2.76. The Balaban J connectivity index is 2.89. The third kappa shape index (κ3) is 4.32. The lowest BCUT2D eigenvalue weighted by molar-refractivity contribution is 0.153. The van der Waals surface area contributed by atoms with E-state index in [2.05, 4.69) is 43.9 Å². The Morgan fingerprint density at radius 3 is 2.32 bits per heavy atom. The second kappa shape index (κ2) is 7.65. The number of rotatable bonds is 8. The van der Waals surface area contributed by atoms with Gasteiger partial charge in [0.2, 0.25) is 0 Å². The average molecular weight is 266 g/mol. The van der Waals surface area contributed by atoms with Crippen LogP contribution in [0.1, 0.15) is 52.1 Å². The normalized spacial score (nSPS) is 15.2. The van der Waals surface area contributed by atoms with Gasteiger partial charge in [0.1, 0.15) is 0 Å². The van der Waals surface area contributed by atoms with Gasteiger partial charge >= 0.3 is 0 Å². The smallest absolute Gasteiger partial charge is 0.0538 e. The summed E-state index contributed by atoms with van der Waals surface area (Å²) in [7, 11) is 1.96. The van der Waals surface area contributed by atoms with E-state index < -0.39 is 0 Å². The number of nitrogens with two attached hydrogens (primary N) is 1. The van der Waals surface area contributed by atoms with Gasteiger partial charge in [-0.3, -0.25) is 9.58 Å². The molecule has 0 spiro atoms. The van der Waals surface area contributed by atoms with Crippen molar-refractivity contribution in [3.63, 3.8) is 0 Å². The van der Waals surface area contributed by atoms with E-state index in [1.54, 1.807) is 0 Å². The first-order valence-electron chi connectivity index (χ1n) is 7.51. The molecule has 110 valence electrons. The second-order valence-electron chi connectivity index (χ2n) is 5.52. The van der Waals surface area contributed by atoms with Crippen molar-refractivity contribution in [2.75, 3.05) is 13.1 Å². The molecule has 0 fully saturated rings. The van der Waals surface area contributed by atoms with Gasteiger partial charge in [0.05, 0.1) is 12.2 Å². The highest BCUT2D eigenvalue weighted by molar-refractivity contribution is 5.13. The van der Waals surface area contributed by atoms with Gasteiger partial charge in [0.25, 0.3) is 0 Å². The van der Waals surface area contributed by atoms with E-state index in [0.717, 1.165) is 19.0 Å². The zero-order valence-corrected chi connectivity index (χ0v) is 13.1. The number of aromatic nitrogens is 2. The van der Waals surface area contributed by atoms with Crippen molar-refractivity contribution in [2.24, 2.45) is 18.7 Å². The Morgan fingerprint density at radius 2 is 1.95 bits per heavy atom. The standard InChI is InChI=1S/C15H30N4/c1-6-13(7-2)10-19(8-3)15(12(4)16)14-9-17-18(5)11-14/h9,11-13,15H,6-8,10,16H2,1-5H3. The molecule has 2 unspecified atom stereocenters. The van der Waals surface area contributed by atoms with Gasteiger partial charge in [-0.25, -0.2) is 0 Å². The van der Waals surface area contributed by atoms with E-state index >= 15 is 0 Å². The van der Waals surface area contributed by atoms with Crippen LogP contribution in [0.15, 0.2) is 12.4 Å². The van der Waals surface area contributed by atoms with Crippen LogP contribution in [0.25, 0.3) is 0 Å². The van der Waals surface area contributed by atoms with Crippen molar-refractivity contribution < 1.29 is 0 Å². The SMILES string of the molecule is CCC(CC)CN(CC)C(c1cnn(C)c1)C(C)N. The van der Waals surface area contributed by atoms with Crippen LogP contribution in [-0.2, 0) is 7.05 Å². The molecule has 1 heterocycles. The lowest BCUT2D eigenvalue weighted by atomic mass is 9.98. The summed E-state index contributed by atoms with van der Waals surface area (Å²) in [5.74, 6) is 0.748. The molecular weight excluding hydrogens is 236 g/mol. The quantitative estimate of drug-likeness (QED) is 0.786. The molecule has 0 bridgehead atoms. The molecule has 2 N–H and O–H groups in total. The summed E-state index contributed by atoms with van der Waals surface area (Å²) >= 11 is 0. The highest BCUT2D eigenvalue weighted by Crippen LogP contribution is 2.25. The molecule has 0 aromatic carbocycles. The fourth-order valence-corrected chi connectivity index (χ4v) is 2.76. The molecule has 19 heavy (non-hydrogen) atoms. The highest BCUT2D eigenvalue weighted by atomic mass is 15.3. The highest BCUT2D eigenvalue weighted by Gasteiger charge is 2.25. The molecule has 2 atom stereocenters. The molecule has 1 aromatic heterocycles. The predicted octanol–water partition coefficient (Wildman–Crippen LogP) is 2.57. The summed E-state index contributed by atoms with van der Waals surface area (Å²) in [6.07, 6.45) is 6.49. The average Bonchev–Trinajstić information content (AvgIpc) is 2.80. The van der Waals surface area contributed by atoms with Gasteiger partial charge < -0.3 is 5.73 Å². The maximum Gasteiger partial charge on any atom is 0.0538 e. The second-order valence-corrected chi connectivity index (χ2v) is 5.52. The van der Waals surface area contributed by atoms with Crippen molar-refractivity contribution in [3.8, 4) is 0 Å². The predicted molar refractivity (Wildman–Crippen MR) is 80.9 cm³/mol. The Kier molecular flexibility index (Phi) is 6.52. The van der Waals surface area contributed by atoms with Crippen molar-refractivity contribution in [3.05, 3.63) is 18.0 Å². The minimum atomic E-state index is 0.110. The van der Waals surface area contributed by atoms with Crippen LogP contribution < -0.4 is 5.73 Å². The van der Waals surface area contributed by atoms with Gasteiger partial charge in [-0.05, 0) is 19.4 Å². The van der Waals surface area contributed by atoms with Gasteiger partial charge in [-0.1, -0.05) is 33.6 Å². The van der Waals surface area contributed by atoms with E-state index in [-0.39, 0.29) is 12.1 Å². The summed E-state index contributed by atoms with van der Waals surface area (Å²) in [6, 6.07) is 0.373. The monoisotopic (exact) mass is 266 g/mol. The number of likely N-dealkylation sites (N-methyl/N-ethyl adjacent to an activating group) is 1. The molecule has 0 amide bonds. The first-order chi connectivity index (χ1) is 9.03. The molecule has 0 aliphatic rings. The van der Waals surface area contributed by atoms with Gasteiger partial charge in [-0.15, -0.1) is 0 Å². The largest absolute Gasteiger partial charge is 0.326 e. The van der Waals surface area contributed by atoms with Crippen LogP contribution >= 0.6 is 0 Å². The van der Waals surface area contributed by atoms with E-state index in [9.17, 15) is 0 Å². The minimum absolute atomic E-state index is 0.110. The molecule has 0 saturated heterocycles. The van der Waals surface area contributed by atoms with Crippen molar-refractivity contribution in [1.29, 1.82) is 0 Å². The molecule has 4 nitrogen and oxygen atoms in total. The maximum absolute atomic E-state index is 6.23. The Bertz CT molecular complexity index is 355. The number of hydrogen-bond acceptors (Lipinski definition) is 3. The third-order valence-electron chi connectivity index (χ3n) is 4.01. The zero-order chi connectivity index (χ0) is 14.4. The van der Waals surface area contributed by atoms with Crippen LogP contribution in [0.2, 0.25) is 0 Å². The zero-order valence-electron chi connectivity index (χ0n) is 13.1. The van der Waals surface area contributed by atoms with Crippen molar-refractivity contribution in [2.45, 2.75) is 52.6 Å². The van der Waals surface area contributed by atoms with E-state index in [1.807, 2.05) is 17.9 Å². The van der Waals surface area contributed by atoms with Gasteiger partial charge in [0, 0.05) is 31.4 Å². The molecule has 1 rings (SSSR count). The summed E-state index contributed by atoms with van der Waals surface area (Å²) in [6.45, 7) is 11.0. The Morgan fingerprint density at radius 1 is 1.32 bits per heavy atom. The molecular formula is C15H30N4. The third-order valence-corrected chi connectivity index (χ3v) is 4.01. The summed E-state index contributed by atoms with van der Waals surface area (Å²) in [4.78, 5) is 2.50. The minimum Gasteiger partial charge on any atom is -0.326 e. The summed E-state index contributed by atoms with van der Waals surface area (Å²) in [5.41, 5.74) is 7.46. The molecule has 0 radical (unpaired) electrons. The molecule has 0 aliphatic carbocycles. The lowest BCUT2D eigenvalue weighted by Crippen LogP contribution is -2.41. The van der Waals surface area contributed by atoms with E-state index in [0.29, 0.717) is 0 Å². The fraction of sp³-hybridized carbons (Fsp3) is 0.800. The first-order valence-corrected chi connectivity index (χ1v) is 7.51. The van der Waals surface area contributed by atoms with Crippen molar-refractivity contribution in [1.82, 2.24) is 14.7 Å². The Labute approximate surface area is 118 Å². The molecule has 4 heteroatoms. The maximum atomic E-state index is 6.23. The topological polar surface area (TPSA) is 47.1 Å². The van der Waals surface area contributed by atoms with Gasteiger partial charge in [-0.2, -0.15) is 5.10 Å². The van der Waals surface area contributed by atoms with Crippen LogP contribution in [0.4, 0.5) is 0 Å². The summed E-state index contributed by atoms with van der Waals surface area (Å²) in [5, 5.41) is 4.29. The van der Waals surface area contributed by atoms with Crippen LogP contribution in [-0.4, -0.2) is 33.8 Å².